The first-order valence-electron chi connectivity index (χ1n) is 8.49. The fourth-order valence-electron chi connectivity index (χ4n) is 3.19. The van der Waals surface area contributed by atoms with Crippen molar-refractivity contribution in [2.24, 2.45) is 0 Å². The van der Waals surface area contributed by atoms with E-state index >= 15 is 0 Å². The molecule has 1 saturated heterocycles. The van der Waals surface area contributed by atoms with E-state index < -0.39 is 5.82 Å². The van der Waals surface area contributed by atoms with Crippen LogP contribution in [-0.2, 0) is 0 Å². The van der Waals surface area contributed by atoms with Gasteiger partial charge in [-0.3, -0.25) is 9.89 Å². The molecule has 6 nitrogen and oxygen atoms in total. The zero-order valence-corrected chi connectivity index (χ0v) is 15.2. The molecule has 27 heavy (non-hydrogen) atoms. The van der Waals surface area contributed by atoms with E-state index in [1.807, 2.05) is 28.5 Å². The van der Waals surface area contributed by atoms with Crippen LogP contribution in [0.5, 0.6) is 0 Å². The molecule has 8 heteroatoms. The molecule has 1 aliphatic heterocycles. The highest BCUT2D eigenvalue weighted by atomic mass is 32.1. The van der Waals surface area contributed by atoms with Crippen LogP contribution in [0.2, 0.25) is 0 Å². The van der Waals surface area contributed by atoms with Crippen molar-refractivity contribution in [2.45, 2.75) is 0 Å². The van der Waals surface area contributed by atoms with E-state index in [0.717, 1.165) is 10.6 Å². The Morgan fingerprint density at radius 3 is 2.74 bits per heavy atom. The fraction of sp³-hybridized carbons (Fsp3) is 0.211. The van der Waals surface area contributed by atoms with Crippen LogP contribution in [0.1, 0.15) is 16.1 Å². The third-order valence-electron chi connectivity index (χ3n) is 4.59. The number of thiophene rings is 1. The third-order valence-corrected chi connectivity index (χ3v) is 5.50. The van der Waals surface area contributed by atoms with Gasteiger partial charge in [0, 0.05) is 26.2 Å². The van der Waals surface area contributed by atoms with Crippen LogP contribution in [0.3, 0.4) is 0 Å². The summed E-state index contributed by atoms with van der Waals surface area (Å²) >= 11 is 1.58. The Bertz CT molecular complexity index is 1000. The van der Waals surface area contributed by atoms with E-state index in [9.17, 15) is 14.4 Å². The van der Waals surface area contributed by atoms with Gasteiger partial charge in [0.2, 0.25) is 0 Å². The van der Waals surface area contributed by atoms with Gasteiger partial charge in [-0.25, -0.2) is 4.39 Å². The molecule has 4 rings (SSSR count). The molecule has 3 aromatic rings. The van der Waals surface area contributed by atoms with Gasteiger partial charge in [0.1, 0.15) is 17.4 Å². The lowest BCUT2D eigenvalue weighted by atomic mass is 10.1. The Morgan fingerprint density at radius 2 is 2.04 bits per heavy atom. The molecule has 0 saturated carbocycles. The molecule has 0 bridgehead atoms. The minimum absolute atomic E-state index is 0.0465. The van der Waals surface area contributed by atoms with Gasteiger partial charge in [-0.2, -0.15) is 10.4 Å². The average Bonchev–Trinajstić information content (AvgIpc) is 3.39. The Balaban J connectivity index is 1.45. The predicted octanol–water partition coefficient (Wildman–Crippen LogP) is 3.11. The molecule has 0 aliphatic carbocycles. The number of amides is 1. The number of anilines is 1. The molecule has 1 aromatic carbocycles. The number of benzene rings is 1. The molecule has 1 amide bonds. The van der Waals surface area contributed by atoms with Crippen molar-refractivity contribution in [3.05, 3.63) is 58.9 Å². The van der Waals surface area contributed by atoms with Crippen molar-refractivity contribution >= 4 is 22.9 Å². The molecular formula is C19H16FN5OS. The molecule has 1 N–H and O–H groups in total. The number of hydrogen-bond donors (Lipinski definition) is 1. The van der Waals surface area contributed by atoms with E-state index in [1.54, 1.807) is 34.4 Å². The van der Waals surface area contributed by atoms with Crippen LogP contribution >= 0.6 is 11.3 Å². The highest BCUT2D eigenvalue weighted by Gasteiger charge is 2.25. The first-order chi connectivity index (χ1) is 13.2. The number of nitrogens with zero attached hydrogens (tertiary/aromatic N) is 4. The Labute approximate surface area is 159 Å². The topological polar surface area (TPSA) is 76.0 Å². The van der Waals surface area contributed by atoms with Crippen LogP contribution in [0.4, 0.5) is 10.1 Å². The van der Waals surface area contributed by atoms with Gasteiger partial charge in [0.15, 0.2) is 5.69 Å². The maximum absolute atomic E-state index is 13.8. The highest BCUT2D eigenvalue weighted by Crippen LogP contribution is 2.25. The summed E-state index contributed by atoms with van der Waals surface area (Å²) in [5.74, 6) is -0.653. The number of nitriles is 1. The van der Waals surface area contributed by atoms with Gasteiger partial charge < -0.3 is 9.80 Å². The number of piperazine rings is 1. The van der Waals surface area contributed by atoms with E-state index in [2.05, 4.69) is 10.2 Å². The van der Waals surface area contributed by atoms with Crippen LogP contribution in [0, 0.1) is 17.1 Å². The first-order valence-corrected chi connectivity index (χ1v) is 9.37. The summed E-state index contributed by atoms with van der Waals surface area (Å²) < 4.78 is 13.8. The van der Waals surface area contributed by atoms with Crippen molar-refractivity contribution in [1.82, 2.24) is 15.1 Å². The van der Waals surface area contributed by atoms with Gasteiger partial charge in [0.25, 0.3) is 5.91 Å². The van der Waals surface area contributed by atoms with E-state index in [-0.39, 0.29) is 11.5 Å². The molecule has 0 atom stereocenters. The average molecular weight is 381 g/mol. The molecule has 2 aromatic heterocycles. The quantitative estimate of drug-likeness (QED) is 0.756. The Hall–Kier alpha value is -3.18. The van der Waals surface area contributed by atoms with Crippen molar-refractivity contribution in [3.63, 3.8) is 0 Å². The Kier molecular flexibility index (Phi) is 4.60. The maximum atomic E-state index is 13.8. The lowest BCUT2D eigenvalue weighted by molar-refractivity contribution is 0.0741. The standard InChI is InChI=1S/C19H16FN5OS/c20-14-3-1-4-17(13(14)12-21)24-6-8-25(9-7-24)19(26)16-11-15(22-23-16)18-5-2-10-27-18/h1-5,10-11H,6-9H2,(H,22,23). The number of rotatable bonds is 3. The number of H-pyrrole nitrogens is 1. The van der Waals surface area contributed by atoms with Crippen LogP contribution in [0.15, 0.2) is 41.8 Å². The first kappa shape index (κ1) is 17.2. The minimum Gasteiger partial charge on any atom is -0.367 e. The number of hydrogen-bond acceptors (Lipinski definition) is 5. The summed E-state index contributed by atoms with van der Waals surface area (Å²) in [4.78, 5) is 17.4. The SMILES string of the molecule is N#Cc1c(F)cccc1N1CCN(C(=O)c2cc(-c3cccs3)[nH]n2)CC1. The molecular weight excluding hydrogens is 365 g/mol. The van der Waals surface area contributed by atoms with E-state index in [1.165, 1.54) is 6.07 Å². The zero-order valence-electron chi connectivity index (χ0n) is 14.4. The minimum atomic E-state index is -0.522. The second-order valence-electron chi connectivity index (χ2n) is 6.17. The number of carbonyl (C=O) groups excluding carboxylic acids is 1. The summed E-state index contributed by atoms with van der Waals surface area (Å²) in [5.41, 5.74) is 1.83. The molecule has 1 fully saturated rings. The van der Waals surface area contributed by atoms with E-state index in [0.29, 0.717) is 37.6 Å². The molecule has 0 unspecified atom stereocenters. The second kappa shape index (κ2) is 7.21. The Morgan fingerprint density at radius 1 is 1.22 bits per heavy atom. The summed E-state index contributed by atoms with van der Waals surface area (Å²) in [6, 6.07) is 12.2. The smallest absolute Gasteiger partial charge is 0.274 e. The second-order valence-corrected chi connectivity index (χ2v) is 7.12. The number of nitrogens with one attached hydrogen (secondary N) is 1. The maximum Gasteiger partial charge on any atom is 0.274 e. The summed E-state index contributed by atoms with van der Waals surface area (Å²) in [5, 5.41) is 18.2. The molecule has 0 radical (unpaired) electrons. The van der Waals surface area contributed by atoms with Crippen LogP contribution in [-0.4, -0.2) is 47.2 Å². The third kappa shape index (κ3) is 3.29. The van der Waals surface area contributed by atoms with Crippen molar-refractivity contribution < 1.29 is 9.18 Å². The van der Waals surface area contributed by atoms with Gasteiger partial charge in [-0.05, 0) is 29.6 Å². The molecule has 3 heterocycles. The fourth-order valence-corrected chi connectivity index (χ4v) is 3.88. The van der Waals surface area contributed by atoms with Crippen LogP contribution < -0.4 is 4.90 Å². The number of aromatic amines is 1. The number of aromatic nitrogens is 2. The van der Waals surface area contributed by atoms with Crippen molar-refractivity contribution in [1.29, 1.82) is 5.26 Å². The predicted molar refractivity (Wildman–Crippen MR) is 101 cm³/mol. The monoisotopic (exact) mass is 381 g/mol. The van der Waals surface area contributed by atoms with Gasteiger partial charge in [-0.1, -0.05) is 12.1 Å². The highest BCUT2D eigenvalue weighted by molar-refractivity contribution is 7.13. The molecule has 0 spiro atoms. The van der Waals surface area contributed by atoms with Crippen LogP contribution in [0.25, 0.3) is 10.6 Å². The molecule has 1 aliphatic rings. The summed E-state index contributed by atoms with van der Waals surface area (Å²) in [6.07, 6.45) is 0. The number of carbonyl (C=O) groups is 1. The van der Waals surface area contributed by atoms with Gasteiger partial charge in [-0.15, -0.1) is 11.3 Å². The summed E-state index contributed by atoms with van der Waals surface area (Å²) in [7, 11) is 0. The van der Waals surface area contributed by atoms with Gasteiger partial charge >= 0.3 is 0 Å². The normalized spacial score (nSPS) is 14.2. The lowest BCUT2D eigenvalue weighted by Gasteiger charge is -2.36. The molecule has 136 valence electrons. The zero-order chi connectivity index (χ0) is 18.8. The van der Waals surface area contributed by atoms with Gasteiger partial charge in [0.05, 0.1) is 16.3 Å². The van der Waals surface area contributed by atoms with Crippen molar-refractivity contribution in [2.75, 3.05) is 31.1 Å². The van der Waals surface area contributed by atoms with Crippen molar-refractivity contribution in [3.8, 4) is 16.6 Å². The largest absolute Gasteiger partial charge is 0.367 e. The number of halogens is 1. The summed E-state index contributed by atoms with van der Waals surface area (Å²) in [6.45, 7) is 2.04. The lowest BCUT2D eigenvalue weighted by Crippen LogP contribution is -2.49. The van der Waals surface area contributed by atoms with E-state index in [4.69, 9.17) is 0 Å².